The Morgan fingerprint density at radius 2 is 1.44 bits per heavy atom. The normalized spacial score (nSPS) is 15.4. The van der Waals surface area contributed by atoms with E-state index >= 15 is 0 Å². The Labute approximate surface area is 107 Å². The Balaban J connectivity index is 1.86. The van der Waals surface area contributed by atoms with Crippen LogP contribution in [0, 0.1) is 0 Å². The lowest BCUT2D eigenvalue weighted by Gasteiger charge is -2.14. The first-order valence-electron chi connectivity index (χ1n) is 5.92. The van der Waals surface area contributed by atoms with Gasteiger partial charge in [0.25, 0.3) is 0 Å². The minimum atomic E-state index is -2.33. The van der Waals surface area contributed by atoms with Gasteiger partial charge in [-0.05, 0) is 31.2 Å². The van der Waals surface area contributed by atoms with Crippen LogP contribution < -0.4 is 13.6 Å². The van der Waals surface area contributed by atoms with Gasteiger partial charge in [0.05, 0.1) is 0 Å². The summed E-state index contributed by atoms with van der Waals surface area (Å²) in [6.45, 7) is 2.02. The van der Waals surface area contributed by atoms with Crippen LogP contribution >= 0.6 is 7.94 Å². The van der Waals surface area contributed by atoms with Crippen molar-refractivity contribution in [3.05, 3.63) is 54.6 Å². The lowest BCUT2D eigenvalue weighted by molar-refractivity contribution is 0.401. The fourth-order valence-corrected chi connectivity index (χ4v) is 3.64. The standard InChI is InChI=1S/C14H14O3P/c1-2-18(15-12-8-4-3-5-9-12)16-13-10-6-7-11-14(13)17-18/h3-11H,2H2,1H3/q+1. The zero-order valence-electron chi connectivity index (χ0n) is 10.1. The van der Waals surface area contributed by atoms with Crippen molar-refractivity contribution in [3.8, 4) is 17.2 Å². The minimum absolute atomic E-state index is 0.705. The van der Waals surface area contributed by atoms with Crippen molar-refractivity contribution in [2.24, 2.45) is 0 Å². The summed E-state index contributed by atoms with van der Waals surface area (Å²) in [6.07, 6.45) is 0.705. The number of hydrogen-bond acceptors (Lipinski definition) is 3. The highest BCUT2D eigenvalue weighted by molar-refractivity contribution is 7.63. The van der Waals surface area contributed by atoms with Crippen molar-refractivity contribution in [1.29, 1.82) is 0 Å². The van der Waals surface area contributed by atoms with E-state index in [-0.39, 0.29) is 0 Å². The molecule has 0 aromatic heterocycles. The molecule has 2 aromatic carbocycles. The van der Waals surface area contributed by atoms with E-state index in [4.69, 9.17) is 13.6 Å². The second-order valence-electron chi connectivity index (χ2n) is 3.96. The van der Waals surface area contributed by atoms with Crippen molar-refractivity contribution >= 4 is 7.94 Å². The predicted molar refractivity (Wildman–Crippen MR) is 72.2 cm³/mol. The highest BCUT2D eigenvalue weighted by Gasteiger charge is 2.53. The molecule has 1 aliphatic heterocycles. The maximum absolute atomic E-state index is 5.96. The molecule has 0 saturated heterocycles. The molecule has 0 saturated carbocycles. The molecule has 0 amide bonds. The number of rotatable bonds is 3. The fraction of sp³-hybridized carbons (Fsp3) is 0.143. The molecular weight excluding hydrogens is 247 g/mol. The lowest BCUT2D eigenvalue weighted by atomic mass is 10.3. The predicted octanol–water partition coefficient (Wildman–Crippen LogP) is 4.32. The van der Waals surface area contributed by atoms with Crippen LogP contribution in [-0.4, -0.2) is 6.16 Å². The molecule has 0 fully saturated rings. The van der Waals surface area contributed by atoms with Gasteiger partial charge in [0.2, 0.25) is 11.5 Å². The summed E-state index contributed by atoms with van der Waals surface area (Å²) in [6, 6.07) is 17.3. The number of para-hydroxylation sites is 3. The molecule has 1 heterocycles. The molecule has 18 heavy (non-hydrogen) atoms. The van der Waals surface area contributed by atoms with Crippen molar-refractivity contribution in [1.82, 2.24) is 0 Å². The van der Waals surface area contributed by atoms with E-state index in [1.165, 1.54) is 0 Å². The molecule has 0 unspecified atom stereocenters. The molecule has 0 spiro atoms. The van der Waals surface area contributed by atoms with Crippen LogP contribution in [0.2, 0.25) is 0 Å². The van der Waals surface area contributed by atoms with E-state index < -0.39 is 7.94 Å². The molecule has 0 N–H and O–H groups in total. The molecule has 92 valence electrons. The van der Waals surface area contributed by atoms with Gasteiger partial charge in [-0.1, -0.05) is 30.3 Å². The zero-order chi connectivity index (χ0) is 12.4. The molecule has 0 atom stereocenters. The van der Waals surface area contributed by atoms with Gasteiger partial charge >= 0.3 is 7.94 Å². The third-order valence-corrected chi connectivity index (χ3v) is 4.91. The lowest BCUT2D eigenvalue weighted by Crippen LogP contribution is -2.11. The molecule has 0 radical (unpaired) electrons. The SMILES string of the molecule is CC[P+]1(Oc2ccccc2)Oc2ccccc2O1. The van der Waals surface area contributed by atoms with Gasteiger partial charge in [-0.25, -0.2) is 0 Å². The van der Waals surface area contributed by atoms with Crippen LogP contribution in [0.1, 0.15) is 6.92 Å². The first kappa shape index (κ1) is 11.4. The maximum Gasteiger partial charge on any atom is 0.541 e. The van der Waals surface area contributed by atoms with Crippen LogP contribution in [0.15, 0.2) is 54.6 Å². The average Bonchev–Trinajstić information content (AvgIpc) is 2.78. The first-order valence-corrected chi connectivity index (χ1v) is 7.65. The second kappa shape index (κ2) is 4.51. The minimum Gasteiger partial charge on any atom is -0.272 e. The number of fused-ring (bicyclic) bond motifs is 1. The van der Waals surface area contributed by atoms with Crippen molar-refractivity contribution < 1.29 is 13.6 Å². The van der Waals surface area contributed by atoms with Gasteiger partial charge < -0.3 is 0 Å². The zero-order valence-corrected chi connectivity index (χ0v) is 11.0. The quantitative estimate of drug-likeness (QED) is 0.770. The highest BCUT2D eigenvalue weighted by Crippen LogP contribution is 2.66. The van der Waals surface area contributed by atoms with E-state index in [0.29, 0.717) is 6.16 Å². The van der Waals surface area contributed by atoms with Crippen molar-refractivity contribution in [2.75, 3.05) is 6.16 Å². The molecule has 0 aliphatic carbocycles. The second-order valence-corrected chi connectivity index (χ2v) is 6.36. The van der Waals surface area contributed by atoms with Crippen LogP contribution in [0.25, 0.3) is 0 Å². The monoisotopic (exact) mass is 261 g/mol. The fourth-order valence-electron chi connectivity index (χ4n) is 1.79. The Hall–Kier alpha value is -1.73. The summed E-state index contributed by atoms with van der Waals surface area (Å²) >= 11 is 0. The summed E-state index contributed by atoms with van der Waals surface area (Å²) in [5.41, 5.74) is 0. The highest BCUT2D eigenvalue weighted by atomic mass is 31.2. The van der Waals surface area contributed by atoms with Gasteiger partial charge in [0, 0.05) is 0 Å². The summed E-state index contributed by atoms with van der Waals surface area (Å²) < 4.78 is 17.8. The van der Waals surface area contributed by atoms with Gasteiger partial charge in [-0.3, -0.25) is 13.6 Å². The van der Waals surface area contributed by atoms with E-state index in [1.807, 2.05) is 61.5 Å². The van der Waals surface area contributed by atoms with E-state index in [2.05, 4.69) is 0 Å². The van der Waals surface area contributed by atoms with Crippen LogP contribution in [0.5, 0.6) is 17.2 Å². The van der Waals surface area contributed by atoms with Crippen LogP contribution in [0.3, 0.4) is 0 Å². The third-order valence-electron chi connectivity index (χ3n) is 2.70. The van der Waals surface area contributed by atoms with Crippen LogP contribution in [0.4, 0.5) is 0 Å². The van der Waals surface area contributed by atoms with E-state index in [1.54, 1.807) is 0 Å². The molecule has 0 bridgehead atoms. The van der Waals surface area contributed by atoms with Crippen molar-refractivity contribution in [3.63, 3.8) is 0 Å². The largest absolute Gasteiger partial charge is 0.541 e. The first-order chi connectivity index (χ1) is 8.81. The summed E-state index contributed by atoms with van der Waals surface area (Å²) in [5.74, 6) is 2.31. The average molecular weight is 261 g/mol. The Morgan fingerprint density at radius 1 is 0.889 bits per heavy atom. The van der Waals surface area contributed by atoms with Gasteiger partial charge in [-0.15, -0.1) is 0 Å². The summed E-state index contributed by atoms with van der Waals surface area (Å²) in [5, 5.41) is 0. The summed E-state index contributed by atoms with van der Waals surface area (Å²) in [7, 11) is -2.33. The Morgan fingerprint density at radius 3 is 2.00 bits per heavy atom. The van der Waals surface area contributed by atoms with Gasteiger partial charge in [0.1, 0.15) is 0 Å². The van der Waals surface area contributed by atoms with E-state index in [0.717, 1.165) is 17.2 Å². The van der Waals surface area contributed by atoms with Gasteiger partial charge in [-0.2, -0.15) is 0 Å². The Kier molecular flexibility index (Phi) is 2.85. The Bertz CT molecular complexity index is 517. The molecule has 1 aliphatic rings. The molecule has 2 aromatic rings. The van der Waals surface area contributed by atoms with Crippen molar-refractivity contribution in [2.45, 2.75) is 6.92 Å². The van der Waals surface area contributed by atoms with E-state index in [9.17, 15) is 0 Å². The molecule has 3 nitrogen and oxygen atoms in total. The topological polar surface area (TPSA) is 27.7 Å². The third kappa shape index (κ3) is 2.02. The molecular formula is C14H14O3P+. The molecule has 4 heteroatoms. The van der Waals surface area contributed by atoms with Crippen LogP contribution in [-0.2, 0) is 0 Å². The maximum atomic E-state index is 5.96. The smallest absolute Gasteiger partial charge is 0.272 e. The summed E-state index contributed by atoms with van der Waals surface area (Å²) in [4.78, 5) is 0. The molecule has 3 rings (SSSR count). The number of hydrogen-bond donors (Lipinski definition) is 0. The number of benzene rings is 2. The van der Waals surface area contributed by atoms with Gasteiger partial charge in [0.15, 0.2) is 11.9 Å².